The number of aryl methyl sites for hydroxylation is 1. The third-order valence-electron chi connectivity index (χ3n) is 2.29. The molecule has 2 rings (SSSR count). The van der Waals surface area contributed by atoms with Crippen LogP contribution in [0.2, 0.25) is 5.02 Å². The predicted molar refractivity (Wildman–Crippen MR) is 70.1 cm³/mol. The minimum Gasteiger partial charge on any atom is -0.314 e. The first-order valence-corrected chi connectivity index (χ1v) is 6.27. The Morgan fingerprint density at radius 2 is 2.12 bits per heavy atom. The van der Waals surface area contributed by atoms with E-state index in [1.807, 2.05) is 38.2 Å². The maximum absolute atomic E-state index is 6.18. The van der Waals surface area contributed by atoms with Crippen molar-refractivity contribution in [1.29, 1.82) is 0 Å². The zero-order valence-electron chi connectivity index (χ0n) is 9.25. The van der Waals surface area contributed by atoms with E-state index in [9.17, 15) is 0 Å². The van der Waals surface area contributed by atoms with Gasteiger partial charge in [-0.3, -0.25) is 0 Å². The van der Waals surface area contributed by atoms with Crippen molar-refractivity contribution in [1.82, 2.24) is 10.3 Å². The van der Waals surface area contributed by atoms with E-state index >= 15 is 0 Å². The molecule has 4 heteroatoms. The number of halogens is 1. The van der Waals surface area contributed by atoms with Crippen molar-refractivity contribution >= 4 is 22.9 Å². The summed E-state index contributed by atoms with van der Waals surface area (Å²) in [5.41, 5.74) is 2.12. The van der Waals surface area contributed by atoms with E-state index in [1.165, 1.54) is 0 Å². The molecular formula is C12H13ClN2S. The normalized spacial score (nSPS) is 10.7. The summed E-state index contributed by atoms with van der Waals surface area (Å²) >= 11 is 7.87. The minimum atomic E-state index is 0.783. The van der Waals surface area contributed by atoms with Gasteiger partial charge in [0, 0.05) is 17.1 Å². The lowest BCUT2D eigenvalue weighted by Gasteiger charge is -2.00. The number of hydrogen-bond acceptors (Lipinski definition) is 3. The fourth-order valence-electron chi connectivity index (χ4n) is 1.57. The number of hydrogen-bond donors (Lipinski definition) is 1. The molecule has 0 saturated carbocycles. The molecule has 16 heavy (non-hydrogen) atoms. The SMILES string of the molecule is CNCc1nc(C)c(-c2ccccc2Cl)s1. The summed E-state index contributed by atoms with van der Waals surface area (Å²) in [5.74, 6) is 0. The summed E-state index contributed by atoms with van der Waals surface area (Å²) in [6.07, 6.45) is 0. The van der Waals surface area contributed by atoms with Crippen LogP contribution in [-0.4, -0.2) is 12.0 Å². The monoisotopic (exact) mass is 252 g/mol. The topological polar surface area (TPSA) is 24.9 Å². The van der Waals surface area contributed by atoms with Crippen LogP contribution in [-0.2, 0) is 6.54 Å². The van der Waals surface area contributed by atoms with E-state index < -0.39 is 0 Å². The molecule has 1 heterocycles. The molecule has 0 spiro atoms. The van der Waals surface area contributed by atoms with Gasteiger partial charge in [0.25, 0.3) is 0 Å². The third-order valence-corrected chi connectivity index (χ3v) is 3.81. The predicted octanol–water partition coefficient (Wildman–Crippen LogP) is 3.49. The van der Waals surface area contributed by atoms with Crippen LogP contribution in [0.3, 0.4) is 0 Å². The summed E-state index contributed by atoms with van der Waals surface area (Å²) < 4.78 is 0. The lowest BCUT2D eigenvalue weighted by Crippen LogP contribution is -2.04. The molecule has 1 aromatic heterocycles. The standard InChI is InChI=1S/C12H13ClN2S/c1-8-12(16-11(15-8)7-14-2)9-5-3-4-6-10(9)13/h3-6,14H,7H2,1-2H3. The number of benzene rings is 1. The van der Waals surface area contributed by atoms with E-state index in [2.05, 4.69) is 10.3 Å². The lowest BCUT2D eigenvalue weighted by atomic mass is 10.2. The second-order valence-corrected chi connectivity index (χ2v) is 5.02. The van der Waals surface area contributed by atoms with Gasteiger partial charge in [-0.05, 0) is 20.0 Å². The van der Waals surface area contributed by atoms with Crippen molar-refractivity contribution in [3.8, 4) is 10.4 Å². The molecule has 0 aliphatic heterocycles. The van der Waals surface area contributed by atoms with Gasteiger partial charge in [0.2, 0.25) is 0 Å². The first kappa shape index (κ1) is 11.6. The van der Waals surface area contributed by atoms with E-state index in [1.54, 1.807) is 11.3 Å². The Hall–Kier alpha value is -0.900. The number of thiazole rings is 1. The number of nitrogens with one attached hydrogen (secondary N) is 1. The zero-order chi connectivity index (χ0) is 11.5. The fraction of sp³-hybridized carbons (Fsp3) is 0.250. The molecule has 0 fully saturated rings. The molecule has 1 aromatic carbocycles. The number of aromatic nitrogens is 1. The smallest absolute Gasteiger partial charge is 0.107 e. The molecule has 0 bridgehead atoms. The highest BCUT2D eigenvalue weighted by molar-refractivity contribution is 7.15. The summed E-state index contributed by atoms with van der Waals surface area (Å²) in [6, 6.07) is 7.88. The van der Waals surface area contributed by atoms with Crippen molar-refractivity contribution in [3.05, 3.63) is 40.0 Å². The third kappa shape index (κ3) is 2.26. The van der Waals surface area contributed by atoms with Gasteiger partial charge < -0.3 is 5.32 Å². The molecule has 0 amide bonds. The van der Waals surface area contributed by atoms with Crippen molar-refractivity contribution < 1.29 is 0 Å². The molecule has 0 saturated heterocycles. The second-order valence-electron chi connectivity index (χ2n) is 3.53. The van der Waals surface area contributed by atoms with Crippen molar-refractivity contribution in [2.45, 2.75) is 13.5 Å². The van der Waals surface area contributed by atoms with Gasteiger partial charge in [-0.15, -0.1) is 11.3 Å². The van der Waals surface area contributed by atoms with Crippen LogP contribution in [0.5, 0.6) is 0 Å². The Balaban J connectivity index is 2.44. The highest BCUT2D eigenvalue weighted by atomic mass is 35.5. The molecule has 0 radical (unpaired) electrons. The summed E-state index contributed by atoms with van der Waals surface area (Å²) in [4.78, 5) is 5.68. The van der Waals surface area contributed by atoms with Crippen LogP contribution in [0.15, 0.2) is 24.3 Å². The first-order valence-electron chi connectivity index (χ1n) is 5.08. The zero-order valence-corrected chi connectivity index (χ0v) is 10.8. The van der Waals surface area contributed by atoms with Gasteiger partial charge in [0.05, 0.1) is 10.6 Å². The highest BCUT2D eigenvalue weighted by Crippen LogP contribution is 2.34. The highest BCUT2D eigenvalue weighted by Gasteiger charge is 2.11. The molecular weight excluding hydrogens is 240 g/mol. The Bertz CT molecular complexity index is 494. The van der Waals surface area contributed by atoms with Crippen molar-refractivity contribution in [2.24, 2.45) is 0 Å². The summed E-state index contributed by atoms with van der Waals surface area (Å²) in [7, 11) is 1.92. The van der Waals surface area contributed by atoms with Crippen LogP contribution in [0.1, 0.15) is 10.7 Å². The van der Waals surface area contributed by atoms with Gasteiger partial charge in [-0.2, -0.15) is 0 Å². The maximum Gasteiger partial charge on any atom is 0.107 e. The average Bonchev–Trinajstić information content (AvgIpc) is 2.61. The Morgan fingerprint density at radius 1 is 1.38 bits per heavy atom. The fourth-order valence-corrected chi connectivity index (χ4v) is 2.98. The van der Waals surface area contributed by atoms with Gasteiger partial charge in [0.1, 0.15) is 5.01 Å². The number of nitrogens with zero attached hydrogens (tertiary/aromatic N) is 1. The van der Waals surface area contributed by atoms with Gasteiger partial charge in [-0.1, -0.05) is 29.8 Å². The lowest BCUT2D eigenvalue weighted by molar-refractivity contribution is 0.807. The molecule has 0 aliphatic rings. The molecule has 0 unspecified atom stereocenters. The molecule has 1 N–H and O–H groups in total. The van der Waals surface area contributed by atoms with Gasteiger partial charge in [0.15, 0.2) is 0 Å². The molecule has 0 aliphatic carbocycles. The Morgan fingerprint density at radius 3 is 2.81 bits per heavy atom. The quantitative estimate of drug-likeness (QED) is 0.905. The molecule has 0 atom stereocenters. The van der Waals surface area contributed by atoms with Gasteiger partial charge in [-0.25, -0.2) is 4.98 Å². The number of rotatable bonds is 3. The minimum absolute atomic E-state index is 0.783. The molecule has 2 aromatic rings. The largest absolute Gasteiger partial charge is 0.314 e. The van der Waals surface area contributed by atoms with Crippen LogP contribution >= 0.6 is 22.9 Å². The van der Waals surface area contributed by atoms with Crippen LogP contribution < -0.4 is 5.32 Å². The van der Waals surface area contributed by atoms with E-state index in [-0.39, 0.29) is 0 Å². The van der Waals surface area contributed by atoms with Crippen molar-refractivity contribution in [2.75, 3.05) is 7.05 Å². The van der Waals surface area contributed by atoms with Crippen LogP contribution in [0.25, 0.3) is 10.4 Å². The summed E-state index contributed by atoms with van der Waals surface area (Å²) in [5, 5.41) is 4.98. The van der Waals surface area contributed by atoms with Gasteiger partial charge >= 0.3 is 0 Å². The van der Waals surface area contributed by atoms with Crippen molar-refractivity contribution in [3.63, 3.8) is 0 Å². The first-order chi connectivity index (χ1) is 7.72. The van der Waals surface area contributed by atoms with Crippen LogP contribution in [0, 0.1) is 6.92 Å². The average molecular weight is 253 g/mol. The Labute approximate surface area is 104 Å². The second kappa shape index (κ2) is 4.95. The summed E-state index contributed by atoms with van der Waals surface area (Å²) in [6.45, 7) is 2.82. The van der Waals surface area contributed by atoms with E-state index in [0.29, 0.717) is 0 Å². The van der Waals surface area contributed by atoms with E-state index in [4.69, 9.17) is 11.6 Å². The Kier molecular flexibility index (Phi) is 3.59. The van der Waals surface area contributed by atoms with Crippen LogP contribution in [0.4, 0.5) is 0 Å². The van der Waals surface area contributed by atoms with E-state index in [0.717, 1.165) is 32.7 Å². The maximum atomic E-state index is 6.18. The molecule has 2 nitrogen and oxygen atoms in total. The molecule has 84 valence electrons.